The Bertz CT molecular complexity index is 1080. The van der Waals surface area contributed by atoms with E-state index >= 15 is 0 Å². The van der Waals surface area contributed by atoms with Gasteiger partial charge in [-0.25, -0.2) is 0 Å². The van der Waals surface area contributed by atoms with Gasteiger partial charge in [-0.2, -0.15) is 0 Å². The highest BCUT2D eigenvalue weighted by Gasteiger charge is 2.24. The van der Waals surface area contributed by atoms with E-state index in [1.807, 2.05) is 0 Å². The normalized spacial score (nSPS) is 18.8. The van der Waals surface area contributed by atoms with Crippen molar-refractivity contribution in [2.75, 3.05) is 0 Å². The quantitative estimate of drug-likeness (QED) is 0.385. The van der Waals surface area contributed by atoms with Crippen LogP contribution in [0.2, 0.25) is 0 Å². The molecular formula is C30H38O2. The average Bonchev–Trinajstić information content (AvgIpc) is 2.81. The van der Waals surface area contributed by atoms with Crippen molar-refractivity contribution in [1.29, 1.82) is 0 Å². The van der Waals surface area contributed by atoms with Crippen LogP contribution >= 0.6 is 0 Å². The molecule has 170 valence electrons. The number of ether oxygens (including phenoxy) is 2. The van der Waals surface area contributed by atoms with E-state index in [-0.39, 0.29) is 5.41 Å². The Morgan fingerprint density at radius 3 is 1.56 bits per heavy atom. The molecule has 2 aliphatic rings. The molecule has 0 bridgehead atoms. The first-order valence-electron chi connectivity index (χ1n) is 12.8. The predicted molar refractivity (Wildman–Crippen MR) is 135 cm³/mol. The van der Waals surface area contributed by atoms with E-state index in [0.717, 1.165) is 37.2 Å². The Hall–Kier alpha value is -2.22. The van der Waals surface area contributed by atoms with Gasteiger partial charge in [0.2, 0.25) is 0 Å². The summed E-state index contributed by atoms with van der Waals surface area (Å²) in [6.45, 7) is 6.86. The highest BCUT2D eigenvalue weighted by Crippen LogP contribution is 2.46. The summed E-state index contributed by atoms with van der Waals surface area (Å²) in [5, 5.41) is 4.81. The van der Waals surface area contributed by atoms with Crippen LogP contribution < -0.4 is 9.47 Å². The Morgan fingerprint density at radius 2 is 1.06 bits per heavy atom. The molecule has 32 heavy (non-hydrogen) atoms. The third-order valence-electron chi connectivity index (χ3n) is 7.46. The molecule has 2 heteroatoms. The monoisotopic (exact) mass is 430 g/mol. The molecule has 2 nitrogen and oxygen atoms in total. The minimum Gasteiger partial charge on any atom is -0.489 e. The number of fused-ring (bicyclic) bond motifs is 2. The van der Waals surface area contributed by atoms with Crippen molar-refractivity contribution >= 4 is 21.5 Å². The summed E-state index contributed by atoms with van der Waals surface area (Å²) in [5.41, 5.74) is 1.43. The maximum Gasteiger partial charge on any atom is 0.135 e. The number of hydrogen-bond acceptors (Lipinski definition) is 2. The SMILES string of the molecule is CC(C)(C)c1ccc2c(OC3CCCCC3)c3ccccc3c(OC3CCCCC3)c2c1. The van der Waals surface area contributed by atoms with Gasteiger partial charge in [-0.1, -0.05) is 70.0 Å². The molecule has 0 atom stereocenters. The number of rotatable bonds is 4. The topological polar surface area (TPSA) is 18.5 Å². The van der Waals surface area contributed by atoms with Gasteiger partial charge in [-0.3, -0.25) is 0 Å². The summed E-state index contributed by atoms with van der Waals surface area (Å²) >= 11 is 0. The van der Waals surface area contributed by atoms with Gasteiger partial charge < -0.3 is 9.47 Å². The molecule has 0 spiro atoms. The lowest BCUT2D eigenvalue weighted by Crippen LogP contribution is -2.21. The Labute approximate surface area is 193 Å². The fourth-order valence-electron chi connectivity index (χ4n) is 5.52. The van der Waals surface area contributed by atoms with Gasteiger partial charge in [-0.15, -0.1) is 0 Å². The summed E-state index contributed by atoms with van der Waals surface area (Å²) in [6.07, 6.45) is 13.1. The highest BCUT2D eigenvalue weighted by molar-refractivity contribution is 6.11. The minimum atomic E-state index is 0.0896. The van der Waals surface area contributed by atoms with Gasteiger partial charge in [-0.05, 0) is 68.4 Å². The van der Waals surface area contributed by atoms with Crippen LogP contribution in [0.5, 0.6) is 11.5 Å². The van der Waals surface area contributed by atoms with Crippen molar-refractivity contribution in [2.24, 2.45) is 0 Å². The van der Waals surface area contributed by atoms with Crippen molar-refractivity contribution < 1.29 is 9.47 Å². The highest BCUT2D eigenvalue weighted by atomic mass is 16.5. The fraction of sp³-hybridized carbons (Fsp3) is 0.533. The standard InChI is InChI=1S/C30H38O2/c1-30(2,3)21-18-19-26-27(20-21)29(32-23-14-8-5-9-15-23)25-17-11-10-16-24(25)28(26)31-22-12-6-4-7-13-22/h10-11,16-20,22-23H,4-9,12-15H2,1-3H3. The van der Waals surface area contributed by atoms with Crippen LogP contribution in [0, 0.1) is 0 Å². The maximum absolute atomic E-state index is 6.84. The van der Waals surface area contributed by atoms with E-state index in [9.17, 15) is 0 Å². The lowest BCUT2D eigenvalue weighted by molar-refractivity contribution is 0.156. The zero-order valence-electron chi connectivity index (χ0n) is 20.1. The molecule has 2 fully saturated rings. The maximum atomic E-state index is 6.84. The second-order valence-electron chi connectivity index (χ2n) is 11.0. The van der Waals surface area contributed by atoms with Crippen molar-refractivity contribution in [3.8, 4) is 11.5 Å². The molecule has 0 saturated heterocycles. The summed E-state index contributed by atoms with van der Waals surface area (Å²) in [6, 6.07) is 15.7. The van der Waals surface area contributed by atoms with Gasteiger partial charge in [0.05, 0.1) is 12.2 Å². The van der Waals surface area contributed by atoms with Crippen LogP contribution in [-0.2, 0) is 5.41 Å². The van der Waals surface area contributed by atoms with E-state index in [1.54, 1.807) is 0 Å². The molecule has 5 rings (SSSR count). The Kier molecular flexibility index (Phi) is 6.05. The fourth-order valence-corrected chi connectivity index (χ4v) is 5.52. The van der Waals surface area contributed by atoms with Gasteiger partial charge in [0.1, 0.15) is 11.5 Å². The molecule has 0 heterocycles. The number of hydrogen-bond donors (Lipinski definition) is 0. The second-order valence-corrected chi connectivity index (χ2v) is 11.0. The Balaban J connectivity index is 1.70. The summed E-state index contributed by atoms with van der Waals surface area (Å²) in [4.78, 5) is 0. The van der Waals surface area contributed by atoms with Crippen molar-refractivity contribution in [2.45, 2.75) is 103 Å². The van der Waals surface area contributed by atoms with E-state index in [1.165, 1.54) is 65.6 Å². The predicted octanol–water partition coefficient (Wildman–Crippen LogP) is 8.71. The molecular weight excluding hydrogens is 392 g/mol. The van der Waals surface area contributed by atoms with Gasteiger partial charge in [0.25, 0.3) is 0 Å². The molecule has 0 aliphatic heterocycles. The van der Waals surface area contributed by atoms with Crippen LogP contribution in [0.4, 0.5) is 0 Å². The van der Waals surface area contributed by atoms with E-state index in [4.69, 9.17) is 9.47 Å². The third-order valence-corrected chi connectivity index (χ3v) is 7.46. The first-order valence-corrected chi connectivity index (χ1v) is 12.8. The van der Waals surface area contributed by atoms with Crippen molar-refractivity contribution in [3.63, 3.8) is 0 Å². The van der Waals surface area contributed by atoms with Crippen LogP contribution in [0.25, 0.3) is 21.5 Å². The van der Waals surface area contributed by atoms with Gasteiger partial charge in [0, 0.05) is 21.5 Å². The van der Waals surface area contributed by atoms with E-state index in [0.29, 0.717) is 12.2 Å². The Morgan fingerprint density at radius 1 is 0.594 bits per heavy atom. The first kappa shape index (κ1) is 21.6. The lowest BCUT2D eigenvalue weighted by Gasteiger charge is -2.28. The third kappa shape index (κ3) is 4.34. The summed E-state index contributed by atoms with van der Waals surface area (Å²) in [7, 11) is 0. The molecule has 0 amide bonds. The van der Waals surface area contributed by atoms with E-state index < -0.39 is 0 Å². The van der Waals surface area contributed by atoms with Crippen LogP contribution in [0.15, 0.2) is 42.5 Å². The van der Waals surface area contributed by atoms with Crippen molar-refractivity contribution in [1.82, 2.24) is 0 Å². The molecule has 0 unspecified atom stereocenters. The van der Waals surface area contributed by atoms with Gasteiger partial charge in [0.15, 0.2) is 0 Å². The largest absolute Gasteiger partial charge is 0.489 e. The second kappa shape index (κ2) is 8.96. The van der Waals surface area contributed by atoms with Crippen LogP contribution in [0.3, 0.4) is 0 Å². The van der Waals surface area contributed by atoms with E-state index in [2.05, 4.69) is 63.2 Å². The van der Waals surface area contributed by atoms with Crippen LogP contribution in [-0.4, -0.2) is 12.2 Å². The summed E-state index contributed by atoms with van der Waals surface area (Å²) < 4.78 is 13.6. The molecule has 0 radical (unpaired) electrons. The molecule has 0 N–H and O–H groups in total. The lowest BCUT2D eigenvalue weighted by atomic mass is 9.85. The smallest absolute Gasteiger partial charge is 0.135 e. The molecule has 2 aliphatic carbocycles. The van der Waals surface area contributed by atoms with Crippen molar-refractivity contribution in [3.05, 3.63) is 48.0 Å². The minimum absolute atomic E-state index is 0.0896. The average molecular weight is 431 g/mol. The molecule has 2 saturated carbocycles. The first-order chi connectivity index (χ1) is 15.5. The molecule has 3 aromatic carbocycles. The molecule has 3 aromatic rings. The molecule has 0 aromatic heterocycles. The zero-order chi connectivity index (χ0) is 22.1. The summed E-state index contributed by atoms with van der Waals surface area (Å²) in [5.74, 6) is 2.11. The zero-order valence-corrected chi connectivity index (χ0v) is 20.1. The van der Waals surface area contributed by atoms with Gasteiger partial charge >= 0.3 is 0 Å². The number of benzene rings is 3. The van der Waals surface area contributed by atoms with Crippen LogP contribution in [0.1, 0.15) is 90.5 Å².